The molecule has 3 aromatic heterocycles. The van der Waals surface area contributed by atoms with Gasteiger partial charge in [-0.05, 0) is 44.2 Å². The lowest BCUT2D eigenvalue weighted by Gasteiger charge is -2.21. The number of hydrogen-bond donors (Lipinski definition) is 4. The number of aromatic amines is 1. The van der Waals surface area contributed by atoms with Crippen LogP contribution in [0.2, 0.25) is 0 Å². The zero-order valence-electron chi connectivity index (χ0n) is 19.7. The molecular weight excluding hydrogens is 486 g/mol. The molecule has 3 atom stereocenters. The highest BCUT2D eigenvalue weighted by Crippen LogP contribution is 2.43. The second kappa shape index (κ2) is 9.09. The van der Waals surface area contributed by atoms with Crippen LogP contribution in [0.1, 0.15) is 23.4 Å². The Labute approximate surface area is 208 Å². The van der Waals surface area contributed by atoms with E-state index in [1.165, 1.54) is 14.9 Å². The van der Waals surface area contributed by atoms with E-state index in [0.29, 0.717) is 24.9 Å². The van der Waals surface area contributed by atoms with Crippen LogP contribution in [0, 0.1) is 11.8 Å². The number of nitrogens with zero attached hydrogens (tertiary/aromatic N) is 4. The van der Waals surface area contributed by atoms with Gasteiger partial charge in [-0.2, -0.15) is 17.4 Å². The molecule has 0 amide bonds. The monoisotopic (exact) mass is 517 g/mol. The van der Waals surface area contributed by atoms with Gasteiger partial charge in [0.2, 0.25) is 0 Å². The number of rotatable bonds is 7. The van der Waals surface area contributed by atoms with Crippen LogP contribution in [0.25, 0.3) is 21.6 Å². The van der Waals surface area contributed by atoms with Gasteiger partial charge in [-0.3, -0.25) is 0 Å². The van der Waals surface area contributed by atoms with Crippen molar-refractivity contribution < 1.29 is 13.5 Å². The van der Waals surface area contributed by atoms with Crippen molar-refractivity contribution in [1.82, 2.24) is 28.9 Å². The number of likely N-dealkylation sites (N-methyl/N-ethyl adjacent to an activating group) is 1. The molecule has 1 aliphatic carbocycles. The molecular formula is C23H31N7O3S2. The average Bonchev–Trinajstić information content (AvgIpc) is 3.59. The molecule has 6 rings (SSSR count). The van der Waals surface area contributed by atoms with Gasteiger partial charge in [-0.1, -0.05) is 0 Å². The first-order valence-electron chi connectivity index (χ1n) is 12.2. The number of nitrogens with one attached hydrogen (secondary N) is 3. The van der Waals surface area contributed by atoms with E-state index in [4.69, 9.17) is 10.1 Å². The third-order valence-electron chi connectivity index (χ3n) is 7.54. The van der Waals surface area contributed by atoms with Gasteiger partial charge in [0.1, 0.15) is 10.7 Å². The van der Waals surface area contributed by atoms with Crippen molar-refractivity contribution >= 4 is 38.3 Å². The molecule has 0 bridgehead atoms. The fourth-order valence-electron chi connectivity index (χ4n) is 5.81. The molecule has 5 heterocycles. The number of aliphatic hydroxyl groups is 1. The predicted octanol–water partition coefficient (Wildman–Crippen LogP) is 1.62. The summed E-state index contributed by atoms with van der Waals surface area (Å²) in [5.74, 6) is 0.654. The summed E-state index contributed by atoms with van der Waals surface area (Å²) in [6.07, 6.45) is 6.71. The molecule has 0 radical (unpaired) electrons. The molecule has 0 spiro atoms. The first-order valence-corrected chi connectivity index (χ1v) is 14.4. The maximum atomic E-state index is 12.5. The first-order chi connectivity index (χ1) is 16.9. The summed E-state index contributed by atoms with van der Waals surface area (Å²) < 4.78 is 29.0. The summed E-state index contributed by atoms with van der Waals surface area (Å²) in [6, 6.07) is 2.33. The summed E-state index contributed by atoms with van der Waals surface area (Å²) in [7, 11) is -1.40. The van der Waals surface area contributed by atoms with Gasteiger partial charge in [0, 0.05) is 61.4 Å². The van der Waals surface area contributed by atoms with Gasteiger partial charge in [0.05, 0.1) is 23.6 Å². The number of pyridine rings is 1. The third-order valence-corrected chi connectivity index (χ3v) is 10.3. The lowest BCUT2D eigenvalue weighted by molar-refractivity contribution is 0.299. The molecule has 2 fully saturated rings. The largest absolute Gasteiger partial charge is 0.395 e. The summed E-state index contributed by atoms with van der Waals surface area (Å²) >= 11 is 1.77. The molecule has 12 heteroatoms. The Balaban J connectivity index is 1.23. The smallest absolute Gasteiger partial charge is 0.279 e. The van der Waals surface area contributed by atoms with Crippen molar-refractivity contribution in [3.05, 3.63) is 29.0 Å². The second-order valence-corrected chi connectivity index (χ2v) is 12.8. The van der Waals surface area contributed by atoms with E-state index in [1.54, 1.807) is 11.3 Å². The van der Waals surface area contributed by atoms with Crippen LogP contribution in [0.15, 0.2) is 18.5 Å². The van der Waals surface area contributed by atoms with Crippen LogP contribution in [0.5, 0.6) is 0 Å². The number of H-pyrrole nitrogens is 1. The Hall–Kier alpha value is -2.09. The van der Waals surface area contributed by atoms with Crippen molar-refractivity contribution in [1.29, 1.82) is 0 Å². The van der Waals surface area contributed by atoms with E-state index in [1.807, 2.05) is 12.4 Å². The summed E-state index contributed by atoms with van der Waals surface area (Å²) in [6.45, 7) is 2.84. The molecule has 1 saturated heterocycles. The minimum Gasteiger partial charge on any atom is -0.395 e. The van der Waals surface area contributed by atoms with Crippen LogP contribution in [0.3, 0.4) is 0 Å². The first kappa shape index (κ1) is 23.3. The van der Waals surface area contributed by atoms with Crippen molar-refractivity contribution in [2.45, 2.75) is 31.8 Å². The Morgan fingerprint density at radius 3 is 2.86 bits per heavy atom. The van der Waals surface area contributed by atoms with Crippen LogP contribution < -0.4 is 10.0 Å². The standard InChI is InChI=1S/C23H31N7O3S2/c1-29-6-3-20-19(13-29)28-23(34-20)18-10-25-22-17(2-4-24-22)21(18)27-16-8-14-11-30(12-15(14)9-16)35(32,33)26-5-7-31/h2,4,10,14-16,26,31H,3,5-9,11-13H2,1H3,(H2,24,25,27)/t14-,15+,16?. The predicted molar refractivity (Wildman–Crippen MR) is 136 cm³/mol. The van der Waals surface area contributed by atoms with Crippen LogP contribution >= 0.6 is 11.3 Å². The summed E-state index contributed by atoms with van der Waals surface area (Å²) in [5.41, 5.74) is 4.12. The summed E-state index contributed by atoms with van der Waals surface area (Å²) in [4.78, 5) is 16.6. The third kappa shape index (κ3) is 4.36. The lowest BCUT2D eigenvalue weighted by atomic mass is 10.0. The maximum Gasteiger partial charge on any atom is 0.279 e. The molecule has 3 aromatic rings. The van der Waals surface area contributed by atoms with E-state index in [2.05, 4.69) is 38.0 Å². The highest BCUT2D eigenvalue weighted by Gasteiger charge is 2.44. The Morgan fingerprint density at radius 1 is 1.29 bits per heavy atom. The number of hydrogen-bond acceptors (Lipinski definition) is 8. The van der Waals surface area contributed by atoms with Gasteiger partial charge < -0.3 is 20.3 Å². The highest BCUT2D eigenvalue weighted by molar-refractivity contribution is 7.87. The topological polar surface area (TPSA) is 126 Å². The van der Waals surface area contributed by atoms with Crippen LogP contribution in [0.4, 0.5) is 5.69 Å². The molecule has 3 aliphatic rings. The molecule has 0 aromatic carbocycles. The van der Waals surface area contributed by atoms with E-state index < -0.39 is 10.2 Å². The molecule has 10 nitrogen and oxygen atoms in total. The van der Waals surface area contributed by atoms with Crippen molar-refractivity contribution in [2.24, 2.45) is 11.8 Å². The van der Waals surface area contributed by atoms with Crippen LogP contribution in [-0.2, 0) is 23.2 Å². The molecule has 2 aliphatic heterocycles. The number of fused-ring (bicyclic) bond motifs is 3. The maximum absolute atomic E-state index is 12.5. The van der Waals surface area contributed by atoms with Gasteiger partial charge in [-0.25, -0.2) is 9.97 Å². The number of aromatic nitrogens is 3. The normalized spacial score (nSPS) is 25.3. The minimum absolute atomic E-state index is 0.0479. The Bertz CT molecular complexity index is 1320. The molecule has 1 saturated carbocycles. The fourth-order valence-corrected chi connectivity index (χ4v) is 8.19. The molecule has 1 unspecified atom stereocenters. The van der Waals surface area contributed by atoms with Gasteiger partial charge in [0.15, 0.2) is 0 Å². The molecule has 35 heavy (non-hydrogen) atoms. The number of anilines is 1. The van der Waals surface area contributed by atoms with Crippen molar-refractivity contribution in [3.8, 4) is 10.6 Å². The van der Waals surface area contributed by atoms with E-state index >= 15 is 0 Å². The quantitative estimate of drug-likeness (QED) is 0.375. The Kier molecular flexibility index (Phi) is 6.06. The second-order valence-electron chi connectivity index (χ2n) is 9.94. The SMILES string of the molecule is CN1CCc2sc(-c3cnc4[nH]ccc4c3NC3C[C@@H]4CN(S(=O)(=O)NCCO)C[C@@H]4C3)nc2C1. The fraction of sp³-hybridized carbons (Fsp3) is 0.565. The van der Waals surface area contributed by atoms with E-state index in [-0.39, 0.29) is 19.2 Å². The van der Waals surface area contributed by atoms with Gasteiger partial charge in [0.25, 0.3) is 10.2 Å². The zero-order chi connectivity index (χ0) is 24.2. The van der Waals surface area contributed by atoms with Crippen molar-refractivity contribution in [3.63, 3.8) is 0 Å². The van der Waals surface area contributed by atoms with Crippen LogP contribution in [-0.4, -0.2) is 83.6 Å². The average molecular weight is 518 g/mol. The van der Waals surface area contributed by atoms with E-state index in [9.17, 15) is 8.42 Å². The molecule has 188 valence electrons. The minimum atomic E-state index is -3.53. The molecule has 4 N–H and O–H groups in total. The van der Waals surface area contributed by atoms with E-state index in [0.717, 1.165) is 59.6 Å². The van der Waals surface area contributed by atoms with Gasteiger partial charge in [-0.15, -0.1) is 11.3 Å². The van der Waals surface area contributed by atoms with Gasteiger partial charge >= 0.3 is 0 Å². The van der Waals surface area contributed by atoms with Crippen molar-refractivity contribution in [2.75, 3.05) is 45.2 Å². The Morgan fingerprint density at radius 2 is 2.09 bits per heavy atom. The number of aliphatic hydroxyl groups excluding tert-OH is 1. The lowest BCUT2D eigenvalue weighted by Crippen LogP contribution is -2.41. The zero-order valence-corrected chi connectivity index (χ0v) is 21.3. The number of thiazole rings is 1. The highest BCUT2D eigenvalue weighted by atomic mass is 32.2. The summed E-state index contributed by atoms with van der Waals surface area (Å²) in [5, 5.41) is 14.9.